The molecule has 0 spiro atoms. The van der Waals surface area contributed by atoms with Crippen molar-refractivity contribution in [2.45, 2.75) is 33.4 Å². The second kappa shape index (κ2) is 6.69. The van der Waals surface area contributed by atoms with Gasteiger partial charge in [0.2, 0.25) is 5.88 Å². The number of ether oxygens (including phenoxy) is 1. The number of hydrogen-bond acceptors (Lipinski definition) is 3. The number of benzene rings is 1. The van der Waals surface area contributed by atoms with Crippen molar-refractivity contribution in [1.29, 1.82) is 0 Å². The fourth-order valence-corrected chi connectivity index (χ4v) is 2.30. The summed E-state index contributed by atoms with van der Waals surface area (Å²) in [6.07, 6.45) is 0. The molecule has 1 aromatic heterocycles. The lowest BCUT2D eigenvalue weighted by atomic mass is 10.2. The first-order valence-electron chi connectivity index (χ1n) is 6.77. The molecule has 1 N–H and O–H groups in total. The van der Waals surface area contributed by atoms with E-state index in [9.17, 15) is 0 Å². The summed E-state index contributed by atoms with van der Waals surface area (Å²) in [5.41, 5.74) is 1.95. The quantitative estimate of drug-likeness (QED) is 0.888. The third kappa shape index (κ3) is 3.90. The molecule has 114 valence electrons. The number of hydrogen-bond donors (Lipinski definition) is 1. The van der Waals surface area contributed by atoms with Crippen molar-refractivity contribution in [2.75, 3.05) is 0 Å². The maximum absolute atomic E-state index is 6.16. The van der Waals surface area contributed by atoms with E-state index < -0.39 is 0 Å². The minimum Gasteiger partial charge on any atom is -0.437 e. The lowest BCUT2D eigenvalue weighted by Crippen LogP contribution is -2.22. The molecule has 0 aliphatic heterocycles. The van der Waals surface area contributed by atoms with E-state index in [-0.39, 0.29) is 0 Å². The molecular weight excluding hydrogens is 309 g/mol. The summed E-state index contributed by atoms with van der Waals surface area (Å²) in [6.45, 7) is 6.84. The van der Waals surface area contributed by atoms with Crippen LogP contribution in [-0.2, 0) is 13.6 Å². The van der Waals surface area contributed by atoms with E-state index in [0.29, 0.717) is 34.3 Å². The summed E-state index contributed by atoms with van der Waals surface area (Å²) in [4.78, 5) is 0. The van der Waals surface area contributed by atoms with Crippen LogP contribution < -0.4 is 10.1 Å². The van der Waals surface area contributed by atoms with E-state index in [1.165, 1.54) is 0 Å². The van der Waals surface area contributed by atoms with E-state index >= 15 is 0 Å². The predicted octanol–water partition coefficient (Wildman–Crippen LogP) is 4.33. The highest BCUT2D eigenvalue weighted by Gasteiger charge is 2.17. The van der Waals surface area contributed by atoms with Crippen molar-refractivity contribution in [3.8, 4) is 11.6 Å². The first-order valence-corrected chi connectivity index (χ1v) is 7.53. The van der Waals surface area contributed by atoms with Crippen LogP contribution in [-0.4, -0.2) is 15.8 Å². The minimum atomic E-state index is 0.382. The van der Waals surface area contributed by atoms with Crippen molar-refractivity contribution < 1.29 is 4.74 Å². The zero-order chi connectivity index (χ0) is 15.6. The van der Waals surface area contributed by atoms with Crippen LogP contribution in [0.25, 0.3) is 0 Å². The molecule has 0 radical (unpaired) electrons. The van der Waals surface area contributed by atoms with Gasteiger partial charge in [-0.25, -0.2) is 4.68 Å². The third-order valence-electron chi connectivity index (χ3n) is 3.08. The number of aryl methyl sites for hydroxylation is 2. The van der Waals surface area contributed by atoms with Crippen molar-refractivity contribution in [1.82, 2.24) is 15.1 Å². The van der Waals surface area contributed by atoms with Gasteiger partial charge in [-0.15, -0.1) is 0 Å². The van der Waals surface area contributed by atoms with Gasteiger partial charge in [-0.1, -0.05) is 37.0 Å². The molecule has 1 heterocycles. The van der Waals surface area contributed by atoms with Gasteiger partial charge in [0, 0.05) is 30.7 Å². The average molecular weight is 328 g/mol. The molecule has 0 aliphatic rings. The molecule has 0 saturated heterocycles. The Morgan fingerprint density at radius 3 is 2.71 bits per heavy atom. The number of nitrogens with one attached hydrogen (secondary N) is 1. The third-order valence-corrected chi connectivity index (χ3v) is 3.62. The van der Waals surface area contributed by atoms with Gasteiger partial charge in [-0.3, -0.25) is 0 Å². The number of nitrogens with zero attached hydrogens (tertiary/aromatic N) is 2. The Labute approximate surface area is 135 Å². The Kier molecular flexibility index (Phi) is 5.14. The van der Waals surface area contributed by atoms with Crippen LogP contribution in [0, 0.1) is 6.92 Å². The smallest absolute Gasteiger partial charge is 0.222 e. The van der Waals surface area contributed by atoms with Crippen molar-refractivity contribution in [3.63, 3.8) is 0 Å². The van der Waals surface area contributed by atoms with Gasteiger partial charge >= 0.3 is 0 Å². The summed E-state index contributed by atoms with van der Waals surface area (Å²) in [6, 6.07) is 5.53. The Morgan fingerprint density at radius 2 is 2.05 bits per heavy atom. The molecule has 0 atom stereocenters. The standard InChI is InChI=1S/C15H19Cl2N3O/c1-9(2)18-8-12-10(3)19-20(4)15(12)21-14-7-11(16)5-6-13(14)17/h5-7,9,18H,8H2,1-4H3. The van der Waals surface area contributed by atoms with Crippen LogP contribution >= 0.6 is 23.2 Å². The van der Waals surface area contributed by atoms with Crippen molar-refractivity contribution in [3.05, 3.63) is 39.5 Å². The van der Waals surface area contributed by atoms with Gasteiger partial charge in [-0.05, 0) is 19.1 Å². The first kappa shape index (κ1) is 16.1. The van der Waals surface area contributed by atoms with Crippen molar-refractivity contribution in [2.24, 2.45) is 7.05 Å². The molecular formula is C15H19Cl2N3O. The topological polar surface area (TPSA) is 39.1 Å². The Morgan fingerprint density at radius 1 is 1.33 bits per heavy atom. The summed E-state index contributed by atoms with van der Waals surface area (Å²) >= 11 is 12.2. The zero-order valence-electron chi connectivity index (χ0n) is 12.6. The minimum absolute atomic E-state index is 0.382. The molecule has 0 fully saturated rings. The van der Waals surface area contributed by atoms with Crippen LogP contribution in [0.5, 0.6) is 11.6 Å². The van der Waals surface area contributed by atoms with E-state index in [2.05, 4.69) is 24.3 Å². The second-order valence-electron chi connectivity index (χ2n) is 5.21. The van der Waals surface area contributed by atoms with Gasteiger partial charge in [0.25, 0.3) is 0 Å². The summed E-state index contributed by atoms with van der Waals surface area (Å²) in [5, 5.41) is 8.88. The molecule has 21 heavy (non-hydrogen) atoms. The lowest BCUT2D eigenvalue weighted by molar-refractivity contribution is 0.422. The van der Waals surface area contributed by atoms with Crippen LogP contribution in [0.1, 0.15) is 25.1 Å². The molecule has 2 aromatic rings. The van der Waals surface area contributed by atoms with Gasteiger partial charge in [0.1, 0.15) is 5.75 Å². The molecule has 0 saturated carbocycles. The zero-order valence-corrected chi connectivity index (χ0v) is 14.1. The molecule has 2 rings (SSSR count). The normalized spacial score (nSPS) is 11.2. The van der Waals surface area contributed by atoms with E-state index in [0.717, 1.165) is 11.3 Å². The molecule has 0 unspecified atom stereocenters. The SMILES string of the molecule is Cc1nn(C)c(Oc2cc(Cl)ccc2Cl)c1CNC(C)C. The Balaban J connectivity index is 2.32. The molecule has 0 aliphatic carbocycles. The van der Waals surface area contributed by atoms with Crippen LogP contribution in [0.3, 0.4) is 0 Å². The molecule has 0 bridgehead atoms. The van der Waals surface area contributed by atoms with Gasteiger partial charge in [0.05, 0.1) is 16.3 Å². The summed E-state index contributed by atoms with van der Waals surface area (Å²) in [7, 11) is 1.85. The number of halogens is 2. The van der Waals surface area contributed by atoms with Crippen LogP contribution in [0.4, 0.5) is 0 Å². The molecule has 6 heteroatoms. The molecule has 0 amide bonds. The van der Waals surface area contributed by atoms with E-state index in [4.69, 9.17) is 27.9 Å². The highest BCUT2D eigenvalue weighted by molar-refractivity contribution is 6.34. The van der Waals surface area contributed by atoms with Gasteiger partial charge in [0.15, 0.2) is 0 Å². The largest absolute Gasteiger partial charge is 0.437 e. The fraction of sp³-hybridized carbons (Fsp3) is 0.400. The van der Waals surface area contributed by atoms with Gasteiger partial charge in [-0.2, -0.15) is 5.10 Å². The molecule has 4 nitrogen and oxygen atoms in total. The summed E-state index contributed by atoms with van der Waals surface area (Å²) < 4.78 is 7.66. The second-order valence-corrected chi connectivity index (χ2v) is 6.05. The monoisotopic (exact) mass is 327 g/mol. The lowest BCUT2D eigenvalue weighted by Gasteiger charge is -2.12. The molecule has 1 aromatic carbocycles. The number of aromatic nitrogens is 2. The fourth-order valence-electron chi connectivity index (χ4n) is 1.98. The highest BCUT2D eigenvalue weighted by atomic mass is 35.5. The average Bonchev–Trinajstić information content (AvgIpc) is 2.66. The maximum Gasteiger partial charge on any atom is 0.222 e. The van der Waals surface area contributed by atoms with E-state index in [1.54, 1.807) is 22.9 Å². The van der Waals surface area contributed by atoms with Crippen molar-refractivity contribution >= 4 is 23.2 Å². The highest BCUT2D eigenvalue weighted by Crippen LogP contribution is 2.34. The first-order chi connectivity index (χ1) is 9.88. The maximum atomic E-state index is 6.16. The van der Waals surface area contributed by atoms with Crippen LogP contribution in [0.15, 0.2) is 18.2 Å². The number of rotatable bonds is 5. The summed E-state index contributed by atoms with van der Waals surface area (Å²) in [5.74, 6) is 1.20. The predicted molar refractivity (Wildman–Crippen MR) is 86.5 cm³/mol. The Hall–Kier alpha value is -1.23. The van der Waals surface area contributed by atoms with Crippen LogP contribution in [0.2, 0.25) is 10.0 Å². The van der Waals surface area contributed by atoms with Gasteiger partial charge < -0.3 is 10.1 Å². The van der Waals surface area contributed by atoms with E-state index in [1.807, 2.05) is 14.0 Å². The Bertz CT molecular complexity index is 638.